The van der Waals surface area contributed by atoms with Crippen molar-refractivity contribution in [2.75, 3.05) is 0 Å². The molecule has 19 heavy (non-hydrogen) atoms. The van der Waals surface area contributed by atoms with E-state index in [1.807, 2.05) is 0 Å². The highest BCUT2D eigenvalue weighted by Crippen LogP contribution is 2.43. The zero-order valence-corrected chi connectivity index (χ0v) is 11.3. The van der Waals surface area contributed by atoms with Crippen molar-refractivity contribution in [3.05, 3.63) is 16.1 Å². The van der Waals surface area contributed by atoms with E-state index in [2.05, 4.69) is 11.9 Å². The molecule has 0 aromatic carbocycles. The molecule has 3 nitrogen and oxygen atoms in total. The second-order valence-corrected chi connectivity index (χ2v) is 6.32. The van der Waals surface area contributed by atoms with Crippen LogP contribution in [0.4, 0.5) is 13.2 Å². The van der Waals surface area contributed by atoms with Gasteiger partial charge < -0.3 is 10.2 Å². The first-order chi connectivity index (χ1) is 8.72. The summed E-state index contributed by atoms with van der Waals surface area (Å²) in [7, 11) is 0. The van der Waals surface area contributed by atoms with Gasteiger partial charge in [-0.3, -0.25) is 0 Å². The Morgan fingerprint density at radius 3 is 2.47 bits per heavy atom. The monoisotopic (exact) mass is 295 g/mol. The van der Waals surface area contributed by atoms with Crippen molar-refractivity contribution in [1.29, 1.82) is 0 Å². The molecule has 0 spiro atoms. The van der Waals surface area contributed by atoms with Crippen LogP contribution in [0, 0.1) is 5.92 Å². The first kappa shape index (κ1) is 14.7. The summed E-state index contributed by atoms with van der Waals surface area (Å²) in [5.41, 5.74) is -1.33. The van der Waals surface area contributed by atoms with Crippen LogP contribution in [0.2, 0.25) is 0 Å². The standard InChI is InChI=1S/C12H16F3NO2S/c1-7-2-4-11(18,5-3-7)9(17)8-6-16-10(19-8)12(13,14)15/h6-7,9,17-18H,2-5H2,1H3. The summed E-state index contributed by atoms with van der Waals surface area (Å²) >= 11 is 0.395. The fraction of sp³-hybridized carbons (Fsp3) is 0.750. The zero-order chi connectivity index (χ0) is 14.3. The van der Waals surface area contributed by atoms with Crippen molar-refractivity contribution in [2.45, 2.75) is 50.5 Å². The Morgan fingerprint density at radius 1 is 1.42 bits per heavy atom. The van der Waals surface area contributed by atoms with Gasteiger partial charge in [0.2, 0.25) is 0 Å². The van der Waals surface area contributed by atoms with E-state index >= 15 is 0 Å². The predicted molar refractivity (Wildman–Crippen MR) is 64.7 cm³/mol. The van der Waals surface area contributed by atoms with Crippen molar-refractivity contribution in [2.24, 2.45) is 5.92 Å². The molecular weight excluding hydrogens is 279 g/mol. The third kappa shape index (κ3) is 3.09. The molecule has 0 radical (unpaired) electrons. The van der Waals surface area contributed by atoms with Gasteiger partial charge in [-0.25, -0.2) is 4.98 Å². The Labute approximate surface area is 113 Å². The number of aliphatic hydroxyl groups is 2. The quantitative estimate of drug-likeness (QED) is 0.881. The van der Waals surface area contributed by atoms with Gasteiger partial charge in [-0.15, -0.1) is 11.3 Å². The zero-order valence-electron chi connectivity index (χ0n) is 10.4. The minimum atomic E-state index is -4.51. The average molecular weight is 295 g/mol. The first-order valence-corrected chi connectivity index (χ1v) is 6.97. The number of nitrogens with zero attached hydrogens (tertiary/aromatic N) is 1. The van der Waals surface area contributed by atoms with Crippen LogP contribution in [-0.2, 0) is 6.18 Å². The lowest BCUT2D eigenvalue weighted by molar-refractivity contribution is -0.137. The van der Waals surface area contributed by atoms with Gasteiger partial charge in [0.05, 0.1) is 10.5 Å². The largest absolute Gasteiger partial charge is 0.443 e. The Hall–Kier alpha value is -0.660. The molecule has 1 aliphatic rings. The van der Waals surface area contributed by atoms with Crippen LogP contribution in [0.1, 0.15) is 48.6 Å². The fourth-order valence-electron chi connectivity index (χ4n) is 2.34. The normalized spacial score (nSPS) is 30.3. The van der Waals surface area contributed by atoms with Gasteiger partial charge in [0.15, 0.2) is 5.01 Å². The number of halogens is 3. The Morgan fingerprint density at radius 2 is 2.00 bits per heavy atom. The summed E-state index contributed by atoms with van der Waals surface area (Å²) in [5, 5.41) is 19.5. The van der Waals surface area contributed by atoms with Crippen LogP contribution in [0.3, 0.4) is 0 Å². The fourth-order valence-corrected chi connectivity index (χ4v) is 3.23. The van der Waals surface area contributed by atoms with Gasteiger partial charge in [0.1, 0.15) is 6.10 Å². The van der Waals surface area contributed by atoms with Gasteiger partial charge in [0.25, 0.3) is 0 Å². The van der Waals surface area contributed by atoms with Crippen LogP contribution in [-0.4, -0.2) is 20.8 Å². The van der Waals surface area contributed by atoms with Crippen LogP contribution in [0.25, 0.3) is 0 Å². The molecule has 0 bridgehead atoms. The summed E-state index contributed by atoms with van der Waals surface area (Å²) in [6, 6.07) is 0. The predicted octanol–water partition coefficient (Wildman–Crippen LogP) is 3.14. The van der Waals surface area contributed by atoms with E-state index < -0.39 is 22.9 Å². The van der Waals surface area contributed by atoms with Crippen molar-refractivity contribution < 1.29 is 23.4 Å². The molecule has 1 aromatic heterocycles. The topological polar surface area (TPSA) is 53.4 Å². The van der Waals surface area contributed by atoms with Crippen molar-refractivity contribution in [1.82, 2.24) is 4.98 Å². The van der Waals surface area contributed by atoms with E-state index in [-0.39, 0.29) is 4.88 Å². The number of aliphatic hydroxyl groups excluding tert-OH is 1. The molecule has 2 rings (SSSR count). The Balaban J connectivity index is 2.15. The van der Waals surface area contributed by atoms with Gasteiger partial charge in [-0.2, -0.15) is 13.2 Å². The molecule has 0 amide bonds. The van der Waals surface area contributed by atoms with E-state index in [9.17, 15) is 23.4 Å². The smallest absolute Gasteiger partial charge is 0.387 e. The van der Waals surface area contributed by atoms with Crippen LogP contribution in [0.15, 0.2) is 6.20 Å². The Kier molecular flexibility index (Phi) is 3.90. The maximum Gasteiger partial charge on any atom is 0.443 e. The summed E-state index contributed by atoms with van der Waals surface area (Å²) in [6.07, 6.45) is -2.48. The van der Waals surface area contributed by atoms with E-state index in [0.717, 1.165) is 19.0 Å². The van der Waals surface area contributed by atoms with Crippen molar-refractivity contribution in [3.8, 4) is 0 Å². The number of hydrogen-bond donors (Lipinski definition) is 2. The van der Waals surface area contributed by atoms with Crippen LogP contribution >= 0.6 is 11.3 Å². The van der Waals surface area contributed by atoms with Gasteiger partial charge >= 0.3 is 6.18 Å². The van der Waals surface area contributed by atoms with Crippen molar-refractivity contribution >= 4 is 11.3 Å². The summed E-state index contributed by atoms with van der Waals surface area (Å²) in [5.74, 6) is 0.472. The highest BCUT2D eigenvalue weighted by atomic mass is 32.1. The van der Waals surface area contributed by atoms with Gasteiger partial charge in [-0.1, -0.05) is 6.92 Å². The maximum absolute atomic E-state index is 12.5. The summed E-state index contributed by atoms with van der Waals surface area (Å²) in [4.78, 5) is 3.35. The highest BCUT2D eigenvalue weighted by Gasteiger charge is 2.42. The van der Waals surface area contributed by atoms with Crippen LogP contribution in [0.5, 0.6) is 0 Å². The number of aromatic nitrogens is 1. The minimum Gasteiger partial charge on any atom is -0.387 e. The van der Waals surface area contributed by atoms with Crippen LogP contribution < -0.4 is 0 Å². The molecule has 1 fully saturated rings. The number of rotatable bonds is 2. The molecular formula is C12H16F3NO2S. The van der Waals surface area contributed by atoms with Gasteiger partial charge in [0, 0.05) is 6.20 Å². The van der Waals surface area contributed by atoms with E-state index in [0.29, 0.717) is 30.1 Å². The number of thiazole rings is 1. The molecule has 1 saturated carbocycles. The maximum atomic E-state index is 12.5. The number of alkyl halides is 3. The Bertz CT molecular complexity index is 438. The molecule has 108 valence electrons. The van der Waals surface area contributed by atoms with E-state index in [1.54, 1.807) is 0 Å². The average Bonchev–Trinajstić information content (AvgIpc) is 2.81. The number of hydrogen-bond acceptors (Lipinski definition) is 4. The molecule has 1 aromatic rings. The molecule has 1 unspecified atom stereocenters. The second-order valence-electron chi connectivity index (χ2n) is 5.25. The lowest BCUT2D eigenvalue weighted by Gasteiger charge is -2.37. The lowest BCUT2D eigenvalue weighted by atomic mass is 9.76. The third-order valence-corrected chi connectivity index (χ3v) is 4.78. The van der Waals surface area contributed by atoms with E-state index in [4.69, 9.17) is 0 Å². The molecule has 2 N–H and O–H groups in total. The molecule has 1 atom stereocenters. The van der Waals surface area contributed by atoms with E-state index in [1.165, 1.54) is 0 Å². The molecule has 7 heteroatoms. The molecule has 1 aliphatic carbocycles. The molecule has 0 saturated heterocycles. The van der Waals surface area contributed by atoms with Crippen molar-refractivity contribution in [3.63, 3.8) is 0 Å². The second kappa shape index (κ2) is 5.03. The third-order valence-electron chi connectivity index (χ3n) is 3.68. The molecule has 1 heterocycles. The van der Waals surface area contributed by atoms with Gasteiger partial charge in [-0.05, 0) is 31.6 Å². The summed E-state index contributed by atoms with van der Waals surface area (Å²) in [6.45, 7) is 2.06. The molecule has 0 aliphatic heterocycles. The minimum absolute atomic E-state index is 0.0735. The summed E-state index contributed by atoms with van der Waals surface area (Å²) < 4.78 is 37.4. The highest BCUT2D eigenvalue weighted by molar-refractivity contribution is 7.11. The first-order valence-electron chi connectivity index (χ1n) is 6.16. The SMILES string of the molecule is CC1CCC(O)(C(O)c2cnc(C(F)(F)F)s2)CC1. The lowest BCUT2D eigenvalue weighted by Crippen LogP contribution is -2.39.